The van der Waals surface area contributed by atoms with E-state index in [1.165, 1.54) is 161 Å². The third kappa shape index (κ3) is 23.9. The van der Waals surface area contributed by atoms with E-state index in [1.807, 2.05) is 19.0 Å². The first-order valence-electron chi connectivity index (χ1n) is 22.4. The molecule has 1 aliphatic heterocycles. The van der Waals surface area contributed by atoms with Gasteiger partial charge in [-0.2, -0.15) is 0 Å². The van der Waals surface area contributed by atoms with Crippen LogP contribution in [-0.4, -0.2) is 49.3 Å². The molecule has 0 bridgehead atoms. The van der Waals surface area contributed by atoms with Gasteiger partial charge in [0.1, 0.15) is 5.78 Å². The van der Waals surface area contributed by atoms with Gasteiger partial charge in [0.25, 0.3) is 0 Å². The van der Waals surface area contributed by atoms with Crippen LogP contribution in [0.15, 0.2) is 36.5 Å². The molecule has 1 aliphatic carbocycles. The monoisotopic (exact) mass is 712 g/mol. The Kier molecular flexibility index (Phi) is 28.1. The quantitative estimate of drug-likeness (QED) is 0.0485. The Bertz CT molecular complexity index is 893. The number of rotatable bonds is 35. The minimum Gasteiger partial charge on any atom is -0.344 e. The van der Waals surface area contributed by atoms with Crippen LogP contribution in [0.1, 0.15) is 213 Å². The highest BCUT2D eigenvalue weighted by atomic mass is 16.8. The van der Waals surface area contributed by atoms with Crippen LogP contribution in [0.2, 0.25) is 0 Å². The summed E-state index contributed by atoms with van der Waals surface area (Å²) in [7, 11) is 3.96. The molecule has 0 aromatic heterocycles. The van der Waals surface area contributed by atoms with Crippen molar-refractivity contribution in [3.8, 4) is 0 Å². The van der Waals surface area contributed by atoms with Gasteiger partial charge in [-0.1, -0.05) is 147 Å². The number of unbranched alkanes of at least 4 members (excludes halogenated alkanes) is 21. The van der Waals surface area contributed by atoms with Crippen LogP contribution >= 0.6 is 0 Å². The van der Waals surface area contributed by atoms with E-state index in [9.17, 15) is 4.79 Å². The molecule has 2 fully saturated rings. The van der Waals surface area contributed by atoms with Gasteiger partial charge in [0.05, 0.1) is 18.8 Å². The topological polar surface area (TPSA) is 38.8 Å². The van der Waals surface area contributed by atoms with Crippen LogP contribution in [0, 0.1) is 5.92 Å². The molecule has 0 radical (unpaired) electrons. The molecule has 1 heterocycles. The molecule has 0 spiro atoms. The molecule has 0 amide bonds. The van der Waals surface area contributed by atoms with Gasteiger partial charge in [0.2, 0.25) is 0 Å². The molecule has 2 rings (SSSR count). The van der Waals surface area contributed by atoms with E-state index in [1.54, 1.807) is 0 Å². The molecule has 0 aromatic carbocycles. The largest absolute Gasteiger partial charge is 0.344 e. The fourth-order valence-electron chi connectivity index (χ4n) is 8.18. The highest BCUT2D eigenvalue weighted by molar-refractivity contribution is 5.80. The molecule has 4 heteroatoms. The highest BCUT2D eigenvalue weighted by Crippen LogP contribution is 2.46. The summed E-state index contributed by atoms with van der Waals surface area (Å²) in [5, 5.41) is 0. The number of ketones is 1. The van der Waals surface area contributed by atoms with Gasteiger partial charge in [0, 0.05) is 19.3 Å². The van der Waals surface area contributed by atoms with Gasteiger partial charge in [-0.25, -0.2) is 0 Å². The SMILES string of the molecule is CCCCC/C=C\C/C=C\CCCCCCCCC1(CCCCCCCC/C=C\CCCCCCCC)OC2CC(CC(=O)CN(C)C)CC2O1. The molecule has 2 aliphatic rings. The van der Waals surface area contributed by atoms with Crippen molar-refractivity contribution in [2.75, 3.05) is 20.6 Å². The number of hydrogen-bond acceptors (Lipinski definition) is 4. The second-order valence-electron chi connectivity index (χ2n) is 16.6. The Morgan fingerprint density at radius 2 is 0.922 bits per heavy atom. The van der Waals surface area contributed by atoms with Gasteiger partial charge in [-0.05, 0) is 103 Å². The molecular weight excluding hydrogens is 627 g/mol. The van der Waals surface area contributed by atoms with E-state index in [4.69, 9.17) is 9.47 Å². The smallest absolute Gasteiger partial charge is 0.169 e. The van der Waals surface area contributed by atoms with Crippen LogP contribution in [0.5, 0.6) is 0 Å². The summed E-state index contributed by atoms with van der Waals surface area (Å²) in [5.74, 6) is 0.378. The lowest BCUT2D eigenvalue weighted by Crippen LogP contribution is -2.32. The lowest BCUT2D eigenvalue weighted by molar-refractivity contribution is -0.193. The Hall–Kier alpha value is -1.23. The number of hydrogen-bond donors (Lipinski definition) is 0. The third-order valence-corrected chi connectivity index (χ3v) is 11.1. The van der Waals surface area contributed by atoms with Gasteiger partial charge >= 0.3 is 0 Å². The van der Waals surface area contributed by atoms with E-state index < -0.39 is 0 Å². The lowest BCUT2D eigenvalue weighted by Gasteiger charge is -2.30. The summed E-state index contributed by atoms with van der Waals surface area (Å²) in [6.07, 6.45) is 53.3. The Morgan fingerprint density at radius 1 is 0.549 bits per heavy atom. The van der Waals surface area contributed by atoms with Crippen LogP contribution in [-0.2, 0) is 14.3 Å². The summed E-state index contributed by atoms with van der Waals surface area (Å²) < 4.78 is 13.7. The maximum absolute atomic E-state index is 12.5. The molecule has 4 nitrogen and oxygen atoms in total. The predicted molar refractivity (Wildman–Crippen MR) is 221 cm³/mol. The average molecular weight is 712 g/mol. The van der Waals surface area contributed by atoms with Crippen LogP contribution < -0.4 is 0 Å². The van der Waals surface area contributed by atoms with Crippen LogP contribution in [0.4, 0.5) is 0 Å². The number of carbonyl (C=O) groups excluding carboxylic acids is 1. The number of nitrogens with zero attached hydrogens (tertiary/aromatic N) is 1. The number of allylic oxidation sites excluding steroid dienone is 6. The van der Waals surface area contributed by atoms with E-state index in [0.717, 1.165) is 32.1 Å². The average Bonchev–Trinajstić information content (AvgIpc) is 3.62. The molecule has 0 N–H and O–H groups in total. The normalized spacial score (nSPS) is 22.1. The van der Waals surface area contributed by atoms with Crippen molar-refractivity contribution in [1.82, 2.24) is 4.90 Å². The zero-order chi connectivity index (χ0) is 36.7. The molecule has 2 atom stereocenters. The zero-order valence-electron chi connectivity index (χ0n) is 34.5. The molecule has 1 saturated carbocycles. The summed E-state index contributed by atoms with van der Waals surface area (Å²) in [5.41, 5.74) is 0. The van der Waals surface area contributed by atoms with Crippen molar-refractivity contribution in [3.05, 3.63) is 36.5 Å². The molecule has 0 aromatic rings. The van der Waals surface area contributed by atoms with Crippen LogP contribution in [0.3, 0.4) is 0 Å². The Balaban J connectivity index is 1.62. The highest BCUT2D eigenvalue weighted by Gasteiger charge is 2.51. The lowest BCUT2D eigenvalue weighted by atomic mass is 9.97. The van der Waals surface area contributed by atoms with E-state index in [0.29, 0.717) is 24.7 Å². The van der Waals surface area contributed by atoms with Crippen molar-refractivity contribution in [3.63, 3.8) is 0 Å². The molecule has 2 unspecified atom stereocenters. The number of Topliss-reactive ketones (excluding diaryl/α,β-unsaturated/α-hetero) is 1. The van der Waals surface area contributed by atoms with Crippen molar-refractivity contribution in [2.24, 2.45) is 5.92 Å². The Morgan fingerprint density at radius 3 is 1.37 bits per heavy atom. The first-order valence-corrected chi connectivity index (χ1v) is 22.4. The van der Waals surface area contributed by atoms with Crippen molar-refractivity contribution in [1.29, 1.82) is 0 Å². The summed E-state index contributed by atoms with van der Waals surface area (Å²) >= 11 is 0. The summed E-state index contributed by atoms with van der Waals surface area (Å²) in [6.45, 7) is 5.10. The second kappa shape index (κ2) is 31.2. The number of carbonyl (C=O) groups is 1. The first-order chi connectivity index (χ1) is 25.0. The fraction of sp³-hybridized carbons (Fsp3) is 0.851. The zero-order valence-corrected chi connectivity index (χ0v) is 34.5. The van der Waals surface area contributed by atoms with Crippen molar-refractivity contribution in [2.45, 2.75) is 231 Å². The number of likely N-dealkylation sites (N-methyl/N-ethyl adjacent to an activating group) is 1. The van der Waals surface area contributed by atoms with Gasteiger partial charge in [0.15, 0.2) is 5.79 Å². The van der Waals surface area contributed by atoms with Gasteiger partial charge < -0.3 is 14.4 Å². The molecule has 296 valence electrons. The standard InChI is InChI=1S/C47H85NO3/c1-5-7-9-11-13-15-17-19-21-23-25-27-29-31-33-35-37-47(50-45-40-43(41-46(45)51-47)39-44(49)42-48(3)4)38-36-34-32-30-28-26-24-22-20-18-16-14-12-10-8-6-2/h13,15,19-22,43,45-46H,5-12,14,16-18,23-42H2,1-4H3/b15-13-,21-19-,22-20-. The predicted octanol–water partition coefficient (Wildman–Crippen LogP) is 14.0. The maximum atomic E-state index is 12.5. The second-order valence-corrected chi connectivity index (χ2v) is 16.6. The third-order valence-electron chi connectivity index (χ3n) is 11.1. The maximum Gasteiger partial charge on any atom is 0.169 e. The van der Waals surface area contributed by atoms with E-state index in [-0.39, 0.29) is 18.0 Å². The van der Waals surface area contributed by atoms with E-state index >= 15 is 0 Å². The number of fused-ring (bicyclic) bond motifs is 1. The molecular formula is C47H85NO3. The van der Waals surface area contributed by atoms with Gasteiger partial charge in [-0.15, -0.1) is 0 Å². The Labute approximate surface area is 318 Å². The molecule has 51 heavy (non-hydrogen) atoms. The number of ether oxygens (including phenoxy) is 2. The van der Waals surface area contributed by atoms with E-state index in [2.05, 4.69) is 50.3 Å². The minimum atomic E-state index is -0.385. The minimum absolute atomic E-state index is 0.181. The fourth-order valence-corrected chi connectivity index (χ4v) is 8.18. The molecule has 1 saturated heterocycles. The van der Waals surface area contributed by atoms with Crippen molar-refractivity contribution < 1.29 is 14.3 Å². The van der Waals surface area contributed by atoms with Crippen molar-refractivity contribution >= 4 is 5.78 Å². The summed E-state index contributed by atoms with van der Waals surface area (Å²) in [4.78, 5) is 14.5. The van der Waals surface area contributed by atoms with Crippen LogP contribution in [0.25, 0.3) is 0 Å². The summed E-state index contributed by atoms with van der Waals surface area (Å²) in [6, 6.07) is 0. The first kappa shape index (κ1) is 45.9. The van der Waals surface area contributed by atoms with Gasteiger partial charge in [-0.3, -0.25) is 4.79 Å².